The number of benzene rings is 1. The average molecular weight is 268 g/mol. The molecule has 2 rings (SSSR count). The van der Waals surface area contributed by atoms with Crippen molar-refractivity contribution >= 4 is 21.0 Å². The standard InChI is InChI=1S/C11H12N2O4S/c12-5-6-13-18(15,16)9-2-3-10-8(7-9)1-4-11(14)17-10/h1-4,7,13H,5-6,12H2. The number of rotatable bonds is 4. The lowest BCUT2D eigenvalue weighted by atomic mass is 10.2. The van der Waals surface area contributed by atoms with E-state index in [1.165, 1.54) is 30.3 Å². The molecule has 3 N–H and O–H groups in total. The molecule has 0 bridgehead atoms. The van der Waals surface area contributed by atoms with E-state index >= 15 is 0 Å². The Morgan fingerprint density at radius 1 is 1.22 bits per heavy atom. The summed E-state index contributed by atoms with van der Waals surface area (Å²) in [6.45, 7) is 0.395. The Kier molecular flexibility index (Phi) is 3.46. The van der Waals surface area contributed by atoms with Crippen molar-refractivity contribution in [1.29, 1.82) is 0 Å². The van der Waals surface area contributed by atoms with E-state index in [4.69, 9.17) is 10.2 Å². The Morgan fingerprint density at radius 3 is 2.72 bits per heavy atom. The highest BCUT2D eigenvalue weighted by Crippen LogP contribution is 2.17. The van der Waals surface area contributed by atoms with Crippen molar-refractivity contribution in [3.63, 3.8) is 0 Å². The minimum absolute atomic E-state index is 0.109. The second-order valence-corrected chi connectivity index (χ2v) is 5.41. The monoisotopic (exact) mass is 268 g/mol. The lowest BCUT2D eigenvalue weighted by molar-refractivity contribution is 0.560. The van der Waals surface area contributed by atoms with Crippen LogP contribution in [0.5, 0.6) is 0 Å². The van der Waals surface area contributed by atoms with Crippen LogP contribution in [0.15, 0.2) is 44.4 Å². The summed E-state index contributed by atoms with van der Waals surface area (Å²) in [6, 6.07) is 7.03. The lowest BCUT2D eigenvalue weighted by Crippen LogP contribution is -2.29. The number of nitrogens with two attached hydrogens (primary N) is 1. The van der Waals surface area contributed by atoms with E-state index in [1.807, 2.05) is 0 Å². The first-order chi connectivity index (χ1) is 8.53. The molecule has 0 saturated carbocycles. The van der Waals surface area contributed by atoms with Crippen molar-refractivity contribution in [1.82, 2.24) is 4.72 Å². The van der Waals surface area contributed by atoms with Gasteiger partial charge in [0.25, 0.3) is 0 Å². The molecule has 0 atom stereocenters. The van der Waals surface area contributed by atoms with E-state index in [-0.39, 0.29) is 18.0 Å². The van der Waals surface area contributed by atoms with Gasteiger partial charge in [0.15, 0.2) is 0 Å². The Hall–Kier alpha value is -1.70. The molecule has 0 aliphatic heterocycles. The van der Waals surface area contributed by atoms with Crippen LogP contribution in [0.25, 0.3) is 11.0 Å². The lowest BCUT2D eigenvalue weighted by Gasteiger charge is -2.06. The summed E-state index contributed by atoms with van der Waals surface area (Å²) in [5.74, 6) is 0. The van der Waals surface area contributed by atoms with Gasteiger partial charge in [-0.1, -0.05) is 0 Å². The minimum Gasteiger partial charge on any atom is -0.423 e. The van der Waals surface area contributed by atoms with Crippen molar-refractivity contribution in [2.24, 2.45) is 5.73 Å². The molecule has 0 amide bonds. The number of hydrogen-bond donors (Lipinski definition) is 2. The fourth-order valence-corrected chi connectivity index (χ4v) is 2.58. The number of fused-ring (bicyclic) bond motifs is 1. The fourth-order valence-electron chi connectivity index (χ4n) is 1.49. The van der Waals surface area contributed by atoms with E-state index in [2.05, 4.69) is 4.72 Å². The maximum Gasteiger partial charge on any atom is 0.336 e. The maximum absolute atomic E-state index is 11.8. The molecule has 0 fully saturated rings. The summed E-state index contributed by atoms with van der Waals surface area (Å²) in [5, 5.41) is 0.547. The third kappa shape index (κ3) is 2.58. The first-order valence-corrected chi connectivity index (χ1v) is 6.75. The van der Waals surface area contributed by atoms with Crippen LogP contribution >= 0.6 is 0 Å². The fraction of sp³-hybridized carbons (Fsp3) is 0.182. The largest absolute Gasteiger partial charge is 0.423 e. The Bertz CT molecular complexity index is 721. The van der Waals surface area contributed by atoms with Gasteiger partial charge in [-0.25, -0.2) is 17.9 Å². The molecule has 0 spiro atoms. The van der Waals surface area contributed by atoms with Crippen molar-refractivity contribution < 1.29 is 12.8 Å². The first kappa shape index (κ1) is 12.7. The van der Waals surface area contributed by atoms with Crippen LogP contribution in [0, 0.1) is 0 Å². The second kappa shape index (κ2) is 4.89. The van der Waals surface area contributed by atoms with Gasteiger partial charge in [0.2, 0.25) is 10.0 Å². The highest BCUT2D eigenvalue weighted by atomic mass is 32.2. The molecule has 0 aliphatic carbocycles. The van der Waals surface area contributed by atoms with E-state index < -0.39 is 15.6 Å². The summed E-state index contributed by atoms with van der Waals surface area (Å²) in [6.07, 6.45) is 0. The molecule has 18 heavy (non-hydrogen) atoms. The zero-order valence-corrected chi connectivity index (χ0v) is 10.2. The number of hydrogen-bond acceptors (Lipinski definition) is 5. The van der Waals surface area contributed by atoms with Crippen LogP contribution in [-0.2, 0) is 10.0 Å². The van der Waals surface area contributed by atoms with Crippen molar-refractivity contribution in [3.05, 3.63) is 40.8 Å². The molecule has 1 heterocycles. The molecule has 0 aliphatic rings. The molecule has 0 unspecified atom stereocenters. The predicted molar refractivity (Wildman–Crippen MR) is 66.7 cm³/mol. The van der Waals surface area contributed by atoms with Crippen LogP contribution in [0.4, 0.5) is 0 Å². The smallest absolute Gasteiger partial charge is 0.336 e. The average Bonchev–Trinajstić information content (AvgIpc) is 2.35. The highest BCUT2D eigenvalue weighted by Gasteiger charge is 2.13. The van der Waals surface area contributed by atoms with Gasteiger partial charge >= 0.3 is 5.63 Å². The minimum atomic E-state index is -3.57. The molecule has 6 nitrogen and oxygen atoms in total. The molecule has 1 aromatic carbocycles. The molecule has 2 aromatic rings. The normalized spacial score (nSPS) is 11.8. The Labute approximate surface area is 103 Å². The molecular formula is C11H12N2O4S. The topological polar surface area (TPSA) is 102 Å². The van der Waals surface area contributed by atoms with E-state index in [0.29, 0.717) is 11.0 Å². The SMILES string of the molecule is NCCNS(=O)(=O)c1ccc2oc(=O)ccc2c1. The van der Waals surface area contributed by atoms with Gasteiger partial charge in [-0.05, 0) is 24.3 Å². The number of sulfonamides is 1. The Balaban J connectivity index is 2.47. The molecule has 0 radical (unpaired) electrons. The summed E-state index contributed by atoms with van der Waals surface area (Å²) in [4.78, 5) is 11.1. The second-order valence-electron chi connectivity index (χ2n) is 3.64. The van der Waals surface area contributed by atoms with E-state index in [1.54, 1.807) is 0 Å². The zero-order chi connectivity index (χ0) is 13.2. The highest BCUT2D eigenvalue weighted by molar-refractivity contribution is 7.89. The van der Waals surface area contributed by atoms with E-state index in [0.717, 1.165) is 0 Å². The maximum atomic E-state index is 11.8. The van der Waals surface area contributed by atoms with Gasteiger partial charge in [-0.2, -0.15) is 0 Å². The van der Waals surface area contributed by atoms with Crippen molar-refractivity contribution in [2.75, 3.05) is 13.1 Å². The molecular weight excluding hydrogens is 256 g/mol. The number of nitrogens with one attached hydrogen (secondary N) is 1. The van der Waals surface area contributed by atoms with Crippen LogP contribution < -0.4 is 16.1 Å². The zero-order valence-electron chi connectivity index (χ0n) is 9.42. The third-order valence-electron chi connectivity index (χ3n) is 2.34. The van der Waals surface area contributed by atoms with Gasteiger partial charge in [0.05, 0.1) is 4.90 Å². The van der Waals surface area contributed by atoms with Crippen LogP contribution in [0.3, 0.4) is 0 Å². The van der Waals surface area contributed by atoms with Crippen LogP contribution in [0.2, 0.25) is 0 Å². The van der Waals surface area contributed by atoms with Gasteiger partial charge in [0, 0.05) is 24.5 Å². The summed E-state index contributed by atoms with van der Waals surface area (Å²) in [7, 11) is -3.57. The molecule has 1 aromatic heterocycles. The van der Waals surface area contributed by atoms with E-state index in [9.17, 15) is 13.2 Å². The molecule has 0 saturated heterocycles. The van der Waals surface area contributed by atoms with Crippen LogP contribution in [-0.4, -0.2) is 21.5 Å². The predicted octanol–water partition coefficient (Wildman–Crippen LogP) is 0.0300. The van der Waals surface area contributed by atoms with Crippen LogP contribution in [0.1, 0.15) is 0 Å². The summed E-state index contributed by atoms with van der Waals surface area (Å²) in [5.41, 5.74) is 5.12. The molecule has 96 valence electrons. The van der Waals surface area contributed by atoms with Gasteiger partial charge in [-0.3, -0.25) is 0 Å². The van der Waals surface area contributed by atoms with Gasteiger partial charge < -0.3 is 10.2 Å². The van der Waals surface area contributed by atoms with Crippen molar-refractivity contribution in [3.8, 4) is 0 Å². The van der Waals surface area contributed by atoms with Gasteiger partial charge in [0.1, 0.15) is 5.58 Å². The Morgan fingerprint density at radius 2 is 2.00 bits per heavy atom. The molecule has 7 heteroatoms. The quantitative estimate of drug-likeness (QED) is 0.762. The summed E-state index contributed by atoms with van der Waals surface area (Å²) >= 11 is 0. The van der Waals surface area contributed by atoms with Crippen molar-refractivity contribution in [2.45, 2.75) is 4.90 Å². The first-order valence-electron chi connectivity index (χ1n) is 5.26. The third-order valence-corrected chi connectivity index (χ3v) is 3.80. The van der Waals surface area contributed by atoms with Gasteiger partial charge in [-0.15, -0.1) is 0 Å². The summed E-state index contributed by atoms with van der Waals surface area (Å²) < 4.78 is 31.0.